The van der Waals surface area contributed by atoms with Crippen LogP contribution < -0.4 is 11.1 Å². The van der Waals surface area contributed by atoms with Crippen LogP contribution in [0.5, 0.6) is 0 Å². The maximum Gasteiger partial charge on any atom is 0.223 e. The van der Waals surface area contributed by atoms with E-state index in [0.717, 1.165) is 25.7 Å². The molecule has 2 saturated carbocycles. The smallest absolute Gasteiger partial charge is 0.223 e. The lowest BCUT2D eigenvalue weighted by Gasteiger charge is -2.38. The Bertz CT molecular complexity index is 319. The van der Waals surface area contributed by atoms with Gasteiger partial charge in [0, 0.05) is 5.92 Å². The third kappa shape index (κ3) is 2.79. The first-order valence-corrected chi connectivity index (χ1v) is 7.08. The van der Waals surface area contributed by atoms with Crippen molar-refractivity contribution in [1.29, 1.82) is 0 Å². The fourth-order valence-corrected chi connectivity index (χ4v) is 3.00. The minimum absolute atomic E-state index is 0.114. The molecule has 0 bridgehead atoms. The predicted octanol–water partition coefficient (Wildman–Crippen LogP) is 2.14. The maximum absolute atomic E-state index is 12.2. The molecule has 1 unspecified atom stereocenters. The Labute approximate surface area is 109 Å². The maximum atomic E-state index is 12.2. The summed E-state index contributed by atoms with van der Waals surface area (Å²) in [5, 5.41) is 3.15. The van der Waals surface area contributed by atoms with E-state index in [4.69, 9.17) is 18.0 Å². The highest BCUT2D eigenvalue weighted by atomic mass is 32.1. The van der Waals surface area contributed by atoms with Gasteiger partial charge in [-0.05, 0) is 31.6 Å². The molecule has 2 aliphatic rings. The molecule has 96 valence electrons. The van der Waals surface area contributed by atoms with Crippen molar-refractivity contribution in [2.45, 2.75) is 57.4 Å². The molecule has 3 nitrogen and oxygen atoms in total. The van der Waals surface area contributed by atoms with Crippen molar-refractivity contribution in [3.63, 3.8) is 0 Å². The summed E-state index contributed by atoms with van der Waals surface area (Å²) in [5.41, 5.74) is 5.46. The summed E-state index contributed by atoms with van der Waals surface area (Å²) in [6.07, 6.45) is 7.63. The number of thiocarbonyl (C=S) groups is 1. The van der Waals surface area contributed by atoms with Gasteiger partial charge >= 0.3 is 0 Å². The van der Waals surface area contributed by atoms with E-state index in [0.29, 0.717) is 10.9 Å². The number of hydrogen-bond acceptors (Lipinski definition) is 2. The zero-order valence-electron chi connectivity index (χ0n) is 10.5. The number of rotatable bonds is 4. The quantitative estimate of drug-likeness (QED) is 0.756. The molecule has 2 fully saturated rings. The van der Waals surface area contributed by atoms with Crippen molar-refractivity contribution in [3.8, 4) is 0 Å². The molecular weight excluding hydrogens is 232 g/mol. The largest absolute Gasteiger partial charge is 0.391 e. The van der Waals surface area contributed by atoms with E-state index in [1.165, 1.54) is 19.3 Å². The second kappa shape index (κ2) is 4.92. The highest BCUT2D eigenvalue weighted by Crippen LogP contribution is 2.37. The molecule has 0 aromatic carbocycles. The summed E-state index contributed by atoms with van der Waals surface area (Å²) < 4.78 is 0. The van der Waals surface area contributed by atoms with Crippen molar-refractivity contribution in [3.05, 3.63) is 0 Å². The van der Waals surface area contributed by atoms with Gasteiger partial charge in [0.2, 0.25) is 5.91 Å². The van der Waals surface area contributed by atoms with Crippen LogP contribution in [0.1, 0.15) is 51.9 Å². The minimum Gasteiger partial charge on any atom is -0.391 e. The van der Waals surface area contributed by atoms with Crippen LogP contribution in [0.4, 0.5) is 0 Å². The number of amides is 1. The Kier molecular flexibility index (Phi) is 3.71. The third-order valence-corrected chi connectivity index (χ3v) is 4.67. The van der Waals surface area contributed by atoms with Crippen LogP contribution in [-0.4, -0.2) is 16.4 Å². The van der Waals surface area contributed by atoms with Gasteiger partial charge in [-0.1, -0.05) is 38.4 Å². The summed E-state index contributed by atoms with van der Waals surface area (Å²) in [7, 11) is 0. The second-order valence-corrected chi connectivity index (χ2v) is 6.06. The summed E-state index contributed by atoms with van der Waals surface area (Å²) in [4.78, 5) is 12.6. The van der Waals surface area contributed by atoms with E-state index in [1.807, 2.05) is 6.92 Å². The van der Waals surface area contributed by atoms with Crippen LogP contribution in [-0.2, 0) is 4.79 Å². The lowest BCUT2D eigenvalue weighted by Crippen LogP contribution is -2.58. The Balaban J connectivity index is 2.01. The Hall–Kier alpha value is -0.640. The summed E-state index contributed by atoms with van der Waals surface area (Å²) in [6.45, 7) is 2.02. The van der Waals surface area contributed by atoms with Crippen molar-refractivity contribution in [2.24, 2.45) is 17.6 Å². The molecule has 1 atom stereocenters. The zero-order valence-corrected chi connectivity index (χ0v) is 11.3. The van der Waals surface area contributed by atoms with Crippen LogP contribution in [0.15, 0.2) is 0 Å². The highest BCUT2D eigenvalue weighted by molar-refractivity contribution is 7.80. The molecule has 0 heterocycles. The first-order chi connectivity index (χ1) is 8.05. The van der Waals surface area contributed by atoms with Crippen LogP contribution in [0, 0.1) is 11.8 Å². The standard InChI is InChI=1S/C13H22N2OS/c1-9(10-5-6-10)11(16)15-13(12(14)17)7-3-2-4-8-13/h9-10H,2-8H2,1H3,(H2,14,17)(H,15,16). The molecular formula is C13H22N2OS. The van der Waals surface area contributed by atoms with Gasteiger partial charge in [0.25, 0.3) is 0 Å². The van der Waals surface area contributed by atoms with Gasteiger partial charge in [-0.2, -0.15) is 0 Å². The lowest BCUT2D eigenvalue weighted by molar-refractivity contribution is -0.126. The number of hydrogen-bond donors (Lipinski definition) is 2. The van der Waals surface area contributed by atoms with E-state index in [9.17, 15) is 4.79 Å². The fraction of sp³-hybridized carbons (Fsp3) is 0.846. The highest BCUT2D eigenvalue weighted by Gasteiger charge is 2.40. The van der Waals surface area contributed by atoms with E-state index in [-0.39, 0.29) is 11.8 Å². The van der Waals surface area contributed by atoms with Crippen molar-refractivity contribution in [1.82, 2.24) is 5.32 Å². The van der Waals surface area contributed by atoms with Gasteiger partial charge in [-0.3, -0.25) is 4.79 Å². The molecule has 3 N–H and O–H groups in total. The Morgan fingerprint density at radius 2 is 1.94 bits per heavy atom. The number of carbonyl (C=O) groups is 1. The van der Waals surface area contributed by atoms with E-state index < -0.39 is 5.54 Å². The molecule has 0 spiro atoms. The molecule has 0 aliphatic heterocycles. The second-order valence-electron chi connectivity index (χ2n) is 5.62. The van der Waals surface area contributed by atoms with Gasteiger partial charge in [-0.15, -0.1) is 0 Å². The van der Waals surface area contributed by atoms with Gasteiger partial charge < -0.3 is 11.1 Å². The normalized spacial score (nSPS) is 25.0. The minimum atomic E-state index is -0.395. The predicted molar refractivity (Wildman–Crippen MR) is 72.6 cm³/mol. The summed E-state index contributed by atoms with van der Waals surface area (Å²) in [6, 6.07) is 0. The van der Waals surface area contributed by atoms with Crippen molar-refractivity contribution >= 4 is 23.1 Å². The molecule has 0 aromatic rings. The average Bonchev–Trinajstić information content (AvgIpc) is 3.13. The van der Waals surface area contributed by atoms with Gasteiger partial charge in [0.15, 0.2) is 0 Å². The Morgan fingerprint density at radius 3 is 2.41 bits per heavy atom. The summed E-state index contributed by atoms with van der Waals surface area (Å²) in [5.74, 6) is 0.840. The third-order valence-electron chi connectivity index (χ3n) is 4.28. The van der Waals surface area contributed by atoms with Gasteiger partial charge in [0.05, 0.1) is 10.5 Å². The summed E-state index contributed by atoms with van der Waals surface area (Å²) >= 11 is 5.18. The first kappa shape index (κ1) is 12.8. The molecule has 17 heavy (non-hydrogen) atoms. The number of nitrogens with one attached hydrogen (secondary N) is 1. The van der Waals surface area contributed by atoms with Gasteiger partial charge in [0.1, 0.15) is 0 Å². The van der Waals surface area contributed by atoms with E-state index >= 15 is 0 Å². The van der Waals surface area contributed by atoms with E-state index in [1.54, 1.807) is 0 Å². The zero-order chi connectivity index (χ0) is 12.5. The molecule has 2 rings (SSSR count). The fourth-order valence-electron chi connectivity index (χ4n) is 2.75. The van der Waals surface area contributed by atoms with Crippen LogP contribution in [0.2, 0.25) is 0 Å². The average molecular weight is 254 g/mol. The van der Waals surface area contributed by atoms with Crippen molar-refractivity contribution < 1.29 is 4.79 Å². The van der Waals surface area contributed by atoms with E-state index in [2.05, 4.69) is 5.32 Å². The molecule has 1 amide bonds. The molecule has 0 aromatic heterocycles. The molecule has 0 radical (unpaired) electrons. The van der Waals surface area contributed by atoms with Gasteiger partial charge in [-0.25, -0.2) is 0 Å². The number of carbonyl (C=O) groups excluding carboxylic acids is 1. The molecule has 0 saturated heterocycles. The Morgan fingerprint density at radius 1 is 1.35 bits per heavy atom. The van der Waals surface area contributed by atoms with Crippen LogP contribution >= 0.6 is 12.2 Å². The molecule has 4 heteroatoms. The molecule has 2 aliphatic carbocycles. The lowest BCUT2D eigenvalue weighted by atomic mass is 9.81. The number of nitrogens with two attached hydrogens (primary N) is 1. The first-order valence-electron chi connectivity index (χ1n) is 6.67. The monoisotopic (exact) mass is 254 g/mol. The topological polar surface area (TPSA) is 55.1 Å². The van der Waals surface area contributed by atoms with Crippen LogP contribution in [0.3, 0.4) is 0 Å². The van der Waals surface area contributed by atoms with Crippen LogP contribution in [0.25, 0.3) is 0 Å². The van der Waals surface area contributed by atoms with Crippen molar-refractivity contribution in [2.75, 3.05) is 0 Å². The SMILES string of the molecule is CC(C(=O)NC1(C(N)=S)CCCCC1)C1CC1.